The van der Waals surface area contributed by atoms with E-state index in [0.29, 0.717) is 17.1 Å². The van der Waals surface area contributed by atoms with Gasteiger partial charge in [0.2, 0.25) is 0 Å². The molecule has 8 nitrogen and oxygen atoms in total. The maximum atomic E-state index is 9.89. The van der Waals surface area contributed by atoms with Gasteiger partial charge in [-0.15, -0.1) is 0 Å². The Morgan fingerprint density at radius 1 is 1.33 bits per heavy atom. The maximum absolute atomic E-state index is 9.89. The summed E-state index contributed by atoms with van der Waals surface area (Å²) in [6.07, 6.45) is -1.10. The second-order valence-electron chi connectivity index (χ2n) is 4.09. The summed E-state index contributed by atoms with van der Waals surface area (Å²) in [5.41, 5.74) is 9.46. The molecular weight excluding hydrogens is 278 g/mol. The Morgan fingerprint density at radius 3 is 2.71 bits per heavy atom. The molecule has 1 rings (SSSR count). The van der Waals surface area contributed by atoms with Crippen molar-refractivity contribution in [3.63, 3.8) is 0 Å². The van der Waals surface area contributed by atoms with Gasteiger partial charge in [-0.1, -0.05) is 5.11 Å². The minimum absolute atomic E-state index is 0.0328. The van der Waals surface area contributed by atoms with Gasteiger partial charge in [0.05, 0.1) is 18.7 Å². The predicted molar refractivity (Wildman–Crippen MR) is 75.2 cm³/mol. The van der Waals surface area contributed by atoms with Gasteiger partial charge < -0.3 is 24.1 Å². The van der Waals surface area contributed by atoms with Gasteiger partial charge in [-0.2, -0.15) is 0 Å². The summed E-state index contributed by atoms with van der Waals surface area (Å²) in [6.45, 7) is 2.31. The molecule has 1 aromatic carbocycles. The van der Waals surface area contributed by atoms with Crippen LogP contribution < -0.4 is 9.47 Å². The average molecular weight is 297 g/mol. The van der Waals surface area contributed by atoms with Crippen LogP contribution in [0.4, 0.5) is 0 Å². The molecular formula is C13H19N3O5. The third kappa shape index (κ3) is 5.13. The van der Waals surface area contributed by atoms with Crippen molar-refractivity contribution >= 4 is 0 Å². The number of rotatable bonds is 9. The molecule has 0 saturated carbocycles. The highest BCUT2D eigenvalue weighted by molar-refractivity contribution is 5.46. The van der Waals surface area contributed by atoms with Gasteiger partial charge in [0.25, 0.3) is 0 Å². The van der Waals surface area contributed by atoms with Gasteiger partial charge in [0, 0.05) is 25.2 Å². The number of benzene rings is 1. The number of ether oxygens (including phenoxy) is 4. The zero-order valence-electron chi connectivity index (χ0n) is 12.3. The van der Waals surface area contributed by atoms with E-state index in [1.165, 1.54) is 14.2 Å². The van der Waals surface area contributed by atoms with E-state index < -0.39 is 6.29 Å². The molecule has 1 atom stereocenters. The van der Waals surface area contributed by atoms with Crippen molar-refractivity contribution in [3.05, 3.63) is 33.7 Å². The van der Waals surface area contributed by atoms with Crippen LogP contribution in [-0.2, 0) is 9.47 Å². The molecule has 0 aliphatic carbocycles. The van der Waals surface area contributed by atoms with Crippen LogP contribution in [0.5, 0.6) is 11.5 Å². The SMILES string of the molecule is COCOc1cc(OCCN=[N+]=[N-])cc(C)c1C(O)OC. The van der Waals surface area contributed by atoms with Crippen molar-refractivity contribution in [2.45, 2.75) is 13.2 Å². The second-order valence-corrected chi connectivity index (χ2v) is 4.09. The number of nitrogens with zero attached hydrogens (tertiary/aromatic N) is 3. The molecule has 0 aliphatic heterocycles. The number of hydrogen-bond acceptors (Lipinski definition) is 6. The van der Waals surface area contributed by atoms with Crippen molar-refractivity contribution in [1.29, 1.82) is 0 Å². The largest absolute Gasteiger partial charge is 0.493 e. The molecule has 1 unspecified atom stereocenters. The Morgan fingerprint density at radius 2 is 2.10 bits per heavy atom. The summed E-state index contributed by atoms with van der Waals surface area (Å²) in [5.74, 6) is 0.948. The Kier molecular flexibility index (Phi) is 7.34. The van der Waals surface area contributed by atoms with Crippen molar-refractivity contribution in [2.24, 2.45) is 5.11 Å². The summed E-state index contributed by atoms with van der Waals surface area (Å²) >= 11 is 0. The number of azide groups is 1. The Labute approximate surface area is 122 Å². The fourth-order valence-corrected chi connectivity index (χ4v) is 1.74. The van der Waals surface area contributed by atoms with Crippen LogP contribution in [-0.4, -0.2) is 39.3 Å². The average Bonchev–Trinajstić information content (AvgIpc) is 2.48. The minimum atomic E-state index is -1.10. The van der Waals surface area contributed by atoms with Gasteiger partial charge >= 0.3 is 0 Å². The summed E-state index contributed by atoms with van der Waals surface area (Å²) < 4.78 is 20.7. The quantitative estimate of drug-likeness (QED) is 0.247. The molecule has 0 heterocycles. The summed E-state index contributed by atoms with van der Waals surface area (Å²) in [6, 6.07) is 3.37. The lowest BCUT2D eigenvalue weighted by Gasteiger charge is -2.18. The van der Waals surface area contributed by atoms with Gasteiger partial charge in [-0.25, -0.2) is 0 Å². The van der Waals surface area contributed by atoms with Gasteiger partial charge in [0.15, 0.2) is 13.1 Å². The normalized spacial score (nSPS) is 11.6. The Bertz CT molecular complexity index is 503. The van der Waals surface area contributed by atoms with Crippen molar-refractivity contribution in [1.82, 2.24) is 0 Å². The molecule has 0 spiro atoms. The number of aliphatic hydroxyl groups is 1. The maximum Gasteiger partial charge on any atom is 0.188 e. The molecule has 116 valence electrons. The van der Waals surface area contributed by atoms with Crippen LogP contribution in [0.1, 0.15) is 17.4 Å². The Balaban J connectivity index is 2.97. The highest BCUT2D eigenvalue weighted by Crippen LogP contribution is 2.33. The first-order valence-corrected chi connectivity index (χ1v) is 6.24. The first-order chi connectivity index (χ1) is 10.1. The molecule has 1 N–H and O–H groups in total. The van der Waals surface area contributed by atoms with E-state index in [1.807, 2.05) is 0 Å². The first kappa shape index (κ1) is 17.1. The lowest BCUT2D eigenvalue weighted by molar-refractivity contribution is -0.0798. The fraction of sp³-hybridized carbons (Fsp3) is 0.538. The van der Waals surface area contributed by atoms with Crippen molar-refractivity contribution in [2.75, 3.05) is 34.2 Å². The molecule has 0 radical (unpaired) electrons. The Hall–Kier alpha value is -1.99. The third-order valence-corrected chi connectivity index (χ3v) is 2.65. The van der Waals surface area contributed by atoms with E-state index in [4.69, 9.17) is 24.5 Å². The van der Waals surface area contributed by atoms with Gasteiger partial charge in [-0.05, 0) is 24.1 Å². The van der Waals surface area contributed by atoms with Crippen LogP contribution in [0.25, 0.3) is 10.4 Å². The molecule has 1 aromatic rings. The summed E-state index contributed by atoms with van der Waals surface area (Å²) in [4.78, 5) is 2.65. The summed E-state index contributed by atoms with van der Waals surface area (Å²) in [7, 11) is 2.90. The predicted octanol–water partition coefficient (Wildman–Crippen LogP) is 2.30. The molecule has 0 aromatic heterocycles. The van der Waals surface area contributed by atoms with Gasteiger partial charge in [-0.3, -0.25) is 0 Å². The van der Waals surface area contributed by atoms with E-state index in [9.17, 15) is 5.11 Å². The standard InChI is InChI=1S/C13H19N3O5/c1-9-6-10(20-5-4-15-16-14)7-11(21-8-18-2)12(9)13(17)19-3/h6-7,13,17H,4-5,8H2,1-3H3. The molecule has 21 heavy (non-hydrogen) atoms. The summed E-state index contributed by atoms with van der Waals surface area (Å²) in [5, 5.41) is 13.3. The molecule has 0 aliphatic rings. The number of hydrogen-bond donors (Lipinski definition) is 1. The van der Waals surface area contributed by atoms with Gasteiger partial charge in [0.1, 0.15) is 11.5 Å². The lowest BCUT2D eigenvalue weighted by Crippen LogP contribution is -2.09. The zero-order valence-corrected chi connectivity index (χ0v) is 12.3. The monoisotopic (exact) mass is 297 g/mol. The number of aryl methyl sites for hydroxylation is 1. The highest BCUT2D eigenvalue weighted by Gasteiger charge is 2.18. The molecule has 0 amide bonds. The van der Waals surface area contributed by atoms with E-state index in [-0.39, 0.29) is 19.9 Å². The first-order valence-electron chi connectivity index (χ1n) is 6.24. The smallest absolute Gasteiger partial charge is 0.188 e. The van der Waals surface area contributed by atoms with Crippen LogP contribution in [0.3, 0.4) is 0 Å². The van der Waals surface area contributed by atoms with E-state index >= 15 is 0 Å². The minimum Gasteiger partial charge on any atom is -0.493 e. The van der Waals surface area contributed by atoms with Crippen LogP contribution in [0.15, 0.2) is 17.2 Å². The molecule has 0 bridgehead atoms. The lowest BCUT2D eigenvalue weighted by atomic mass is 10.1. The van der Waals surface area contributed by atoms with Crippen molar-refractivity contribution < 1.29 is 24.1 Å². The van der Waals surface area contributed by atoms with Crippen LogP contribution >= 0.6 is 0 Å². The molecule has 8 heteroatoms. The number of aliphatic hydroxyl groups excluding tert-OH is 1. The topological polar surface area (TPSA) is 106 Å². The van der Waals surface area contributed by atoms with Crippen molar-refractivity contribution in [3.8, 4) is 11.5 Å². The van der Waals surface area contributed by atoms with E-state index in [2.05, 4.69) is 10.0 Å². The third-order valence-electron chi connectivity index (χ3n) is 2.65. The van der Waals surface area contributed by atoms with Crippen LogP contribution in [0.2, 0.25) is 0 Å². The van der Waals surface area contributed by atoms with E-state index in [0.717, 1.165) is 5.56 Å². The fourth-order valence-electron chi connectivity index (χ4n) is 1.74. The zero-order chi connectivity index (χ0) is 15.7. The number of methoxy groups -OCH3 is 2. The highest BCUT2D eigenvalue weighted by atomic mass is 16.7. The van der Waals surface area contributed by atoms with Crippen LogP contribution in [0, 0.1) is 6.92 Å². The molecule has 0 fully saturated rings. The second kappa shape index (κ2) is 9.04. The van der Waals surface area contributed by atoms with E-state index in [1.54, 1.807) is 19.1 Å². The molecule has 0 saturated heterocycles.